The van der Waals surface area contributed by atoms with E-state index in [0.29, 0.717) is 31.0 Å². The van der Waals surface area contributed by atoms with E-state index in [1.807, 2.05) is 23.1 Å². The summed E-state index contributed by atoms with van der Waals surface area (Å²) in [5.74, 6) is 5.58. The van der Waals surface area contributed by atoms with Gasteiger partial charge in [0.2, 0.25) is 11.8 Å². The first-order valence-corrected chi connectivity index (χ1v) is 15.8. The number of anilines is 1. The average molecular weight is 597 g/mol. The first-order chi connectivity index (χ1) is 21.4. The van der Waals surface area contributed by atoms with Crippen molar-refractivity contribution < 1.29 is 19.2 Å². The Kier molecular flexibility index (Phi) is 9.12. The van der Waals surface area contributed by atoms with E-state index in [1.165, 1.54) is 5.69 Å². The molecule has 3 fully saturated rings. The van der Waals surface area contributed by atoms with Crippen LogP contribution >= 0.6 is 0 Å². The molecule has 0 aromatic heterocycles. The maximum absolute atomic E-state index is 12.9. The third-order valence-electron chi connectivity index (χ3n) is 9.18. The van der Waals surface area contributed by atoms with Crippen LogP contribution in [-0.2, 0) is 16.1 Å². The first-order valence-electron chi connectivity index (χ1n) is 15.8. The second-order valence-electron chi connectivity index (χ2n) is 12.1. The van der Waals surface area contributed by atoms with Crippen LogP contribution in [0.1, 0.15) is 66.4 Å². The predicted octanol–water partition coefficient (Wildman–Crippen LogP) is 2.62. The summed E-state index contributed by atoms with van der Waals surface area (Å²) in [5.41, 5.74) is 3.52. The third-order valence-corrected chi connectivity index (χ3v) is 9.18. The highest BCUT2D eigenvalue weighted by Gasteiger charge is 2.39. The van der Waals surface area contributed by atoms with E-state index in [0.717, 1.165) is 69.5 Å². The van der Waals surface area contributed by atoms with Crippen LogP contribution in [0.25, 0.3) is 0 Å². The summed E-state index contributed by atoms with van der Waals surface area (Å²) in [6.07, 6.45) is 5.32. The Balaban J connectivity index is 0.885. The molecule has 10 heteroatoms. The molecule has 3 N–H and O–H groups in total. The SMILES string of the molecule is O=C1CCC(N2Cc3cc(C#CCCNC4CCC(NC(=O)N5CCN(c6ccccc6)CC5)CC4)ccc3C2=O)C(=O)N1. The molecule has 3 heterocycles. The van der Waals surface area contributed by atoms with Gasteiger partial charge in [-0.1, -0.05) is 30.0 Å². The monoisotopic (exact) mass is 596 g/mol. The van der Waals surface area contributed by atoms with Crippen LogP contribution in [0.2, 0.25) is 0 Å². The van der Waals surface area contributed by atoms with Gasteiger partial charge in [-0.15, -0.1) is 0 Å². The van der Waals surface area contributed by atoms with Crippen molar-refractivity contribution in [2.75, 3.05) is 37.6 Å². The molecule has 1 unspecified atom stereocenters. The van der Waals surface area contributed by atoms with Crippen molar-refractivity contribution in [2.24, 2.45) is 0 Å². The molecule has 0 radical (unpaired) electrons. The van der Waals surface area contributed by atoms with Gasteiger partial charge in [-0.25, -0.2) is 4.79 Å². The number of hydrogen-bond acceptors (Lipinski definition) is 6. The van der Waals surface area contributed by atoms with Gasteiger partial charge < -0.3 is 25.3 Å². The van der Waals surface area contributed by atoms with Gasteiger partial charge in [-0.2, -0.15) is 0 Å². The Morgan fingerprint density at radius 3 is 2.41 bits per heavy atom. The number of piperidine rings is 1. The van der Waals surface area contributed by atoms with Gasteiger partial charge in [0.05, 0.1) is 0 Å². The lowest BCUT2D eigenvalue weighted by atomic mass is 9.91. The van der Waals surface area contributed by atoms with E-state index in [2.05, 4.69) is 57.0 Å². The summed E-state index contributed by atoms with van der Waals surface area (Å²) in [4.78, 5) is 55.3. The molecule has 1 atom stereocenters. The number of urea groups is 1. The Morgan fingerprint density at radius 2 is 1.66 bits per heavy atom. The molecule has 3 aliphatic heterocycles. The average Bonchev–Trinajstić information content (AvgIpc) is 3.37. The van der Waals surface area contributed by atoms with Gasteiger partial charge >= 0.3 is 6.03 Å². The highest BCUT2D eigenvalue weighted by atomic mass is 16.2. The number of nitrogens with one attached hydrogen (secondary N) is 3. The fraction of sp³-hybridized carbons (Fsp3) is 0.471. The summed E-state index contributed by atoms with van der Waals surface area (Å²) < 4.78 is 0. The molecule has 2 aromatic rings. The number of benzene rings is 2. The number of nitrogens with zero attached hydrogens (tertiary/aromatic N) is 3. The van der Waals surface area contributed by atoms with Gasteiger partial charge in [-0.3, -0.25) is 19.7 Å². The van der Waals surface area contributed by atoms with Crippen LogP contribution in [-0.4, -0.2) is 84.4 Å². The third kappa shape index (κ3) is 6.89. The van der Waals surface area contributed by atoms with Crippen molar-refractivity contribution in [2.45, 2.75) is 69.6 Å². The highest BCUT2D eigenvalue weighted by molar-refractivity contribution is 6.05. The lowest BCUT2D eigenvalue weighted by molar-refractivity contribution is -0.136. The maximum atomic E-state index is 12.9. The Hall–Kier alpha value is -4.36. The minimum absolute atomic E-state index is 0.0593. The molecule has 0 bridgehead atoms. The van der Waals surface area contributed by atoms with Crippen molar-refractivity contribution in [1.82, 2.24) is 25.8 Å². The minimum Gasteiger partial charge on any atom is -0.368 e. The molecule has 5 amide bonds. The van der Waals surface area contributed by atoms with E-state index in [4.69, 9.17) is 0 Å². The molecule has 1 aliphatic carbocycles. The van der Waals surface area contributed by atoms with E-state index < -0.39 is 11.9 Å². The lowest BCUT2D eigenvalue weighted by Gasteiger charge is -2.37. The van der Waals surface area contributed by atoms with Gasteiger partial charge in [-0.05, 0) is 68.0 Å². The fourth-order valence-electron chi connectivity index (χ4n) is 6.67. The number of imide groups is 1. The number of rotatable bonds is 6. The van der Waals surface area contributed by atoms with Crippen LogP contribution < -0.4 is 20.9 Å². The number of para-hydroxylation sites is 1. The summed E-state index contributed by atoms with van der Waals surface area (Å²) in [6.45, 7) is 4.34. The molecule has 1 saturated carbocycles. The summed E-state index contributed by atoms with van der Waals surface area (Å²) in [6, 6.07) is 16.0. The van der Waals surface area contributed by atoms with E-state index >= 15 is 0 Å². The number of carbonyl (C=O) groups is 4. The van der Waals surface area contributed by atoms with Crippen molar-refractivity contribution in [1.29, 1.82) is 0 Å². The maximum Gasteiger partial charge on any atom is 0.317 e. The number of carbonyl (C=O) groups excluding carboxylic acids is 4. The van der Waals surface area contributed by atoms with Gasteiger partial charge in [0.1, 0.15) is 6.04 Å². The van der Waals surface area contributed by atoms with E-state index in [1.54, 1.807) is 11.0 Å². The topological polar surface area (TPSA) is 114 Å². The normalized spacial score (nSPS) is 23.5. The predicted molar refractivity (Wildman–Crippen MR) is 167 cm³/mol. The van der Waals surface area contributed by atoms with Gasteiger partial charge in [0, 0.05) is 81.0 Å². The molecule has 2 saturated heterocycles. The zero-order chi connectivity index (χ0) is 30.5. The molecular weight excluding hydrogens is 556 g/mol. The van der Waals surface area contributed by atoms with Crippen LogP contribution in [0.5, 0.6) is 0 Å². The van der Waals surface area contributed by atoms with Crippen LogP contribution in [0.15, 0.2) is 48.5 Å². The first kappa shape index (κ1) is 29.7. The lowest BCUT2D eigenvalue weighted by Crippen LogP contribution is -2.54. The summed E-state index contributed by atoms with van der Waals surface area (Å²) in [7, 11) is 0. The summed E-state index contributed by atoms with van der Waals surface area (Å²) >= 11 is 0. The van der Waals surface area contributed by atoms with Crippen molar-refractivity contribution in [3.63, 3.8) is 0 Å². The largest absolute Gasteiger partial charge is 0.368 e. The summed E-state index contributed by atoms with van der Waals surface area (Å²) in [5, 5.41) is 9.22. The second kappa shape index (κ2) is 13.5. The van der Waals surface area contributed by atoms with Crippen LogP contribution in [0.3, 0.4) is 0 Å². The number of hydrogen-bond donors (Lipinski definition) is 3. The van der Waals surface area contributed by atoms with Crippen molar-refractivity contribution >= 4 is 29.4 Å². The molecule has 44 heavy (non-hydrogen) atoms. The number of fused-ring (bicyclic) bond motifs is 1. The smallest absolute Gasteiger partial charge is 0.317 e. The Bertz CT molecular complexity index is 1450. The standard InChI is InChI=1S/C34H40N6O4/c41-31-16-15-30(32(42)37-31)40-23-25-22-24(9-14-29(25)33(40)43)6-4-5-17-35-26-10-12-27(13-11-26)36-34(44)39-20-18-38(19-21-39)28-7-2-1-3-8-28/h1-3,7-9,14,22,26-27,30,35H,5,10-13,15-21,23H2,(H,36,44)(H,37,41,42). The van der Waals surface area contributed by atoms with E-state index in [9.17, 15) is 19.2 Å². The quantitative estimate of drug-likeness (QED) is 0.269. The zero-order valence-corrected chi connectivity index (χ0v) is 25.0. The molecule has 0 spiro atoms. The van der Waals surface area contributed by atoms with Crippen LogP contribution in [0.4, 0.5) is 10.5 Å². The molecule has 2 aromatic carbocycles. The van der Waals surface area contributed by atoms with E-state index in [-0.39, 0.29) is 30.3 Å². The van der Waals surface area contributed by atoms with Gasteiger partial charge in [0.25, 0.3) is 5.91 Å². The Labute approximate surface area is 258 Å². The zero-order valence-electron chi connectivity index (χ0n) is 25.0. The molecule has 230 valence electrons. The molecule has 6 rings (SSSR count). The Morgan fingerprint density at radius 1 is 0.909 bits per heavy atom. The number of amides is 5. The van der Waals surface area contributed by atoms with Crippen LogP contribution in [0, 0.1) is 11.8 Å². The highest BCUT2D eigenvalue weighted by Crippen LogP contribution is 2.28. The fourth-order valence-corrected chi connectivity index (χ4v) is 6.67. The number of piperazine rings is 1. The molecule has 4 aliphatic rings. The van der Waals surface area contributed by atoms with Crippen molar-refractivity contribution in [3.05, 3.63) is 65.2 Å². The minimum atomic E-state index is -0.610. The van der Waals surface area contributed by atoms with Crippen molar-refractivity contribution in [3.8, 4) is 11.8 Å². The molecule has 10 nitrogen and oxygen atoms in total. The molecular formula is C34H40N6O4. The second-order valence-corrected chi connectivity index (χ2v) is 12.1. The van der Waals surface area contributed by atoms with Gasteiger partial charge in [0.15, 0.2) is 0 Å².